The van der Waals surface area contributed by atoms with E-state index in [-0.39, 0.29) is 30.0 Å². The van der Waals surface area contributed by atoms with Gasteiger partial charge in [-0.25, -0.2) is 8.42 Å². The molecule has 2 rings (SSSR count). The van der Waals surface area contributed by atoms with E-state index in [2.05, 4.69) is 5.32 Å². The standard InChI is InChI=1S/C16H25N3O3S.ClH/c1-14(12-17-2)16(20)18-8-10-19(11-9-18)23(21,22)13-15-6-4-3-5-7-15;/h3-7,14,17H,8-13H2,1-2H3;1H. The predicted octanol–water partition coefficient (Wildman–Crippen LogP) is 0.938. The lowest BCUT2D eigenvalue weighted by Gasteiger charge is -2.35. The zero-order chi connectivity index (χ0) is 16.9. The van der Waals surface area contributed by atoms with Crippen LogP contribution in [0.15, 0.2) is 30.3 Å². The van der Waals surface area contributed by atoms with E-state index in [0.29, 0.717) is 32.7 Å². The van der Waals surface area contributed by atoms with E-state index < -0.39 is 10.0 Å². The Morgan fingerprint density at radius 2 is 1.75 bits per heavy atom. The number of piperazine rings is 1. The number of sulfonamides is 1. The number of nitrogens with zero attached hydrogens (tertiary/aromatic N) is 2. The van der Waals surface area contributed by atoms with E-state index in [1.165, 1.54) is 4.31 Å². The van der Waals surface area contributed by atoms with Crippen molar-refractivity contribution in [1.82, 2.24) is 14.5 Å². The highest BCUT2D eigenvalue weighted by atomic mass is 35.5. The summed E-state index contributed by atoms with van der Waals surface area (Å²) in [5.41, 5.74) is 0.786. The van der Waals surface area contributed by atoms with Crippen molar-refractivity contribution < 1.29 is 13.2 Å². The third-order valence-corrected chi connectivity index (χ3v) is 5.92. The van der Waals surface area contributed by atoms with Crippen molar-refractivity contribution in [2.24, 2.45) is 5.92 Å². The number of halogens is 1. The molecule has 6 nitrogen and oxygen atoms in total. The van der Waals surface area contributed by atoms with E-state index in [1.54, 1.807) is 4.90 Å². The molecule has 1 fully saturated rings. The Morgan fingerprint density at radius 3 is 2.29 bits per heavy atom. The SMILES string of the molecule is CNCC(C)C(=O)N1CCN(S(=O)(=O)Cc2ccccc2)CC1.Cl. The Morgan fingerprint density at radius 1 is 1.17 bits per heavy atom. The molecule has 1 saturated heterocycles. The maximum absolute atomic E-state index is 12.5. The summed E-state index contributed by atoms with van der Waals surface area (Å²) in [6.07, 6.45) is 0. The van der Waals surface area contributed by atoms with Crippen LogP contribution in [0, 0.1) is 5.92 Å². The molecule has 1 aliphatic heterocycles. The number of rotatable bonds is 6. The van der Waals surface area contributed by atoms with Gasteiger partial charge in [0.25, 0.3) is 0 Å². The van der Waals surface area contributed by atoms with Crippen molar-refractivity contribution in [2.75, 3.05) is 39.8 Å². The van der Waals surface area contributed by atoms with E-state index in [1.807, 2.05) is 44.3 Å². The van der Waals surface area contributed by atoms with Gasteiger partial charge in [0.15, 0.2) is 0 Å². The van der Waals surface area contributed by atoms with Crippen LogP contribution in [-0.4, -0.2) is 63.3 Å². The molecule has 0 radical (unpaired) electrons. The van der Waals surface area contributed by atoms with Gasteiger partial charge in [0.2, 0.25) is 15.9 Å². The van der Waals surface area contributed by atoms with Gasteiger partial charge < -0.3 is 10.2 Å². The van der Waals surface area contributed by atoms with Gasteiger partial charge in [0.1, 0.15) is 0 Å². The molecular formula is C16H26ClN3O3S. The zero-order valence-electron chi connectivity index (χ0n) is 14.1. The second kappa shape index (κ2) is 9.36. The topological polar surface area (TPSA) is 69.7 Å². The Hall–Kier alpha value is -1.15. The summed E-state index contributed by atoms with van der Waals surface area (Å²) < 4.78 is 26.5. The Labute approximate surface area is 150 Å². The van der Waals surface area contributed by atoms with Crippen molar-refractivity contribution in [3.63, 3.8) is 0 Å². The van der Waals surface area contributed by atoms with Gasteiger partial charge in [-0.2, -0.15) is 4.31 Å². The predicted molar refractivity (Wildman–Crippen MR) is 97.6 cm³/mol. The van der Waals surface area contributed by atoms with Crippen LogP contribution in [-0.2, 0) is 20.6 Å². The Balaban J connectivity index is 0.00000288. The number of nitrogens with one attached hydrogen (secondary N) is 1. The summed E-state index contributed by atoms with van der Waals surface area (Å²) in [6, 6.07) is 9.18. The molecule has 8 heteroatoms. The summed E-state index contributed by atoms with van der Waals surface area (Å²) in [4.78, 5) is 14.0. The van der Waals surface area contributed by atoms with Gasteiger partial charge in [-0.3, -0.25) is 4.79 Å². The van der Waals surface area contributed by atoms with Crippen LogP contribution in [0.1, 0.15) is 12.5 Å². The first kappa shape index (κ1) is 20.9. The summed E-state index contributed by atoms with van der Waals surface area (Å²) in [6.45, 7) is 4.17. The van der Waals surface area contributed by atoms with Crippen LogP contribution in [0.5, 0.6) is 0 Å². The van der Waals surface area contributed by atoms with Crippen molar-refractivity contribution >= 4 is 28.3 Å². The lowest BCUT2D eigenvalue weighted by molar-refractivity contribution is -0.136. The average Bonchev–Trinajstić information content (AvgIpc) is 2.55. The molecule has 1 aliphatic rings. The molecule has 0 spiro atoms. The molecule has 0 saturated carbocycles. The van der Waals surface area contributed by atoms with Gasteiger partial charge in [0.05, 0.1) is 5.75 Å². The molecule has 1 amide bonds. The van der Waals surface area contributed by atoms with E-state index >= 15 is 0 Å². The minimum atomic E-state index is -3.33. The minimum absolute atomic E-state index is 0. The lowest BCUT2D eigenvalue weighted by atomic mass is 10.1. The molecule has 0 bridgehead atoms. The third kappa shape index (κ3) is 5.44. The Bertz CT molecular complexity index is 617. The molecule has 1 unspecified atom stereocenters. The largest absolute Gasteiger partial charge is 0.340 e. The van der Waals surface area contributed by atoms with Gasteiger partial charge in [-0.05, 0) is 12.6 Å². The van der Waals surface area contributed by atoms with Crippen molar-refractivity contribution in [3.8, 4) is 0 Å². The third-order valence-electron chi connectivity index (χ3n) is 4.07. The van der Waals surface area contributed by atoms with Crippen LogP contribution in [0.4, 0.5) is 0 Å². The van der Waals surface area contributed by atoms with Gasteiger partial charge >= 0.3 is 0 Å². The quantitative estimate of drug-likeness (QED) is 0.803. The molecule has 1 aromatic rings. The minimum Gasteiger partial charge on any atom is -0.340 e. The molecule has 1 atom stereocenters. The normalized spacial score (nSPS) is 17.2. The molecule has 1 N–H and O–H groups in total. The van der Waals surface area contributed by atoms with Crippen molar-refractivity contribution in [1.29, 1.82) is 0 Å². The highest BCUT2D eigenvalue weighted by molar-refractivity contribution is 7.88. The van der Waals surface area contributed by atoms with E-state index in [0.717, 1.165) is 5.56 Å². The highest BCUT2D eigenvalue weighted by Gasteiger charge is 2.30. The molecule has 0 aliphatic carbocycles. The molecule has 24 heavy (non-hydrogen) atoms. The second-order valence-corrected chi connectivity index (χ2v) is 7.89. The molecule has 1 heterocycles. The fourth-order valence-electron chi connectivity index (χ4n) is 2.77. The fourth-order valence-corrected chi connectivity index (χ4v) is 4.28. The second-order valence-electron chi connectivity index (χ2n) is 5.92. The number of hydrogen-bond donors (Lipinski definition) is 1. The first-order valence-corrected chi connectivity index (χ1v) is 9.50. The van der Waals surface area contributed by atoms with Crippen LogP contribution in [0.25, 0.3) is 0 Å². The Kier molecular flexibility index (Phi) is 8.15. The summed E-state index contributed by atoms with van der Waals surface area (Å²) in [5.74, 6) is 0.00438. The first-order valence-electron chi connectivity index (χ1n) is 7.89. The first-order chi connectivity index (χ1) is 10.9. The summed E-state index contributed by atoms with van der Waals surface area (Å²) >= 11 is 0. The zero-order valence-corrected chi connectivity index (χ0v) is 15.8. The van der Waals surface area contributed by atoms with Crippen LogP contribution in [0.2, 0.25) is 0 Å². The molecule has 1 aromatic carbocycles. The smallest absolute Gasteiger partial charge is 0.226 e. The van der Waals surface area contributed by atoms with Crippen molar-refractivity contribution in [3.05, 3.63) is 35.9 Å². The number of amides is 1. The monoisotopic (exact) mass is 375 g/mol. The maximum atomic E-state index is 12.5. The van der Waals surface area contributed by atoms with Gasteiger partial charge in [-0.15, -0.1) is 12.4 Å². The molecule has 0 aromatic heterocycles. The van der Waals surface area contributed by atoms with Crippen LogP contribution < -0.4 is 5.32 Å². The maximum Gasteiger partial charge on any atom is 0.226 e. The molecular weight excluding hydrogens is 350 g/mol. The van der Waals surface area contributed by atoms with Crippen LogP contribution >= 0.6 is 12.4 Å². The van der Waals surface area contributed by atoms with Crippen LogP contribution in [0.3, 0.4) is 0 Å². The lowest BCUT2D eigenvalue weighted by Crippen LogP contribution is -2.52. The van der Waals surface area contributed by atoms with E-state index in [4.69, 9.17) is 0 Å². The fraction of sp³-hybridized carbons (Fsp3) is 0.562. The highest BCUT2D eigenvalue weighted by Crippen LogP contribution is 2.14. The van der Waals surface area contributed by atoms with Crippen molar-refractivity contribution in [2.45, 2.75) is 12.7 Å². The van der Waals surface area contributed by atoms with Gasteiger partial charge in [-0.1, -0.05) is 37.3 Å². The number of hydrogen-bond acceptors (Lipinski definition) is 4. The van der Waals surface area contributed by atoms with Gasteiger partial charge in [0, 0.05) is 38.6 Å². The number of carbonyl (C=O) groups excluding carboxylic acids is 1. The summed E-state index contributed by atoms with van der Waals surface area (Å²) in [7, 11) is -1.52. The van der Waals surface area contributed by atoms with E-state index in [9.17, 15) is 13.2 Å². The number of benzene rings is 1. The summed E-state index contributed by atoms with van der Waals surface area (Å²) in [5, 5.41) is 2.99. The molecule has 136 valence electrons. The number of carbonyl (C=O) groups is 1. The average molecular weight is 376 g/mol.